The number of phenols is 1. The third-order valence-corrected chi connectivity index (χ3v) is 2.24. The molecule has 0 aliphatic rings. The maximum Gasteiger partial charge on any atom is 0.325 e. The fraction of sp³-hybridized carbons (Fsp3) is 0.0833. The summed E-state index contributed by atoms with van der Waals surface area (Å²) in [5.41, 5.74) is 0.101. The van der Waals surface area contributed by atoms with E-state index >= 15 is 0 Å². The molecule has 0 unspecified atom stereocenters. The first-order chi connectivity index (χ1) is 8.58. The number of carboxylic acids is 1. The van der Waals surface area contributed by atoms with Gasteiger partial charge in [-0.2, -0.15) is 0 Å². The number of rotatable bonds is 3. The Labute approximate surface area is 101 Å². The van der Waals surface area contributed by atoms with Crippen molar-refractivity contribution < 1.29 is 19.4 Å². The summed E-state index contributed by atoms with van der Waals surface area (Å²) in [7, 11) is 0. The molecule has 2 aromatic rings. The van der Waals surface area contributed by atoms with Crippen LogP contribution in [0.4, 0.5) is 0 Å². The Kier molecular flexibility index (Phi) is 3.09. The molecule has 0 fully saturated rings. The summed E-state index contributed by atoms with van der Waals surface area (Å²) < 4.78 is 5.19. The van der Waals surface area contributed by atoms with Crippen molar-refractivity contribution in [2.24, 2.45) is 4.99 Å². The molecule has 0 saturated carbocycles. The van der Waals surface area contributed by atoms with Crippen LogP contribution < -0.4 is 5.43 Å². The normalized spacial score (nSPS) is 11.1. The summed E-state index contributed by atoms with van der Waals surface area (Å²) in [6.07, 6.45) is 2.34. The molecule has 1 aromatic carbocycles. The molecule has 0 aliphatic heterocycles. The predicted octanol–water partition coefficient (Wildman–Crippen LogP) is 1.00. The summed E-state index contributed by atoms with van der Waals surface area (Å²) in [5, 5.41) is 17.9. The van der Waals surface area contributed by atoms with Crippen LogP contribution in [0.25, 0.3) is 11.0 Å². The van der Waals surface area contributed by atoms with Crippen LogP contribution >= 0.6 is 0 Å². The number of phenolic OH excluding ortho intramolecular Hbond substituents is 1. The van der Waals surface area contributed by atoms with E-state index in [1.807, 2.05) is 0 Å². The lowest BCUT2D eigenvalue weighted by atomic mass is 10.2. The Hall–Kier alpha value is -2.63. The lowest BCUT2D eigenvalue weighted by molar-refractivity contribution is -0.135. The van der Waals surface area contributed by atoms with Gasteiger partial charge in [-0.15, -0.1) is 0 Å². The Morgan fingerprint density at radius 2 is 2.22 bits per heavy atom. The Bertz CT molecular complexity index is 686. The first-order valence-electron chi connectivity index (χ1n) is 5.04. The number of hydrogen-bond acceptors (Lipinski definition) is 5. The molecule has 0 radical (unpaired) electrons. The fourth-order valence-electron chi connectivity index (χ4n) is 1.45. The number of carbonyl (C=O) groups is 1. The largest absolute Gasteiger partial charge is 0.508 e. The van der Waals surface area contributed by atoms with Crippen LogP contribution in [-0.2, 0) is 4.79 Å². The van der Waals surface area contributed by atoms with Gasteiger partial charge >= 0.3 is 5.97 Å². The van der Waals surface area contributed by atoms with Gasteiger partial charge in [0.15, 0.2) is 0 Å². The highest BCUT2D eigenvalue weighted by Gasteiger charge is 2.06. The van der Waals surface area contributed by atoms with Gasteiger partial charge in [0.05, 0.1) is 10.9 Å². The average Bonchev–Trinajstić information content (AvgIpc) is 2.32. The monoisotopic (exact) mass is 247 g/mol. The van der Waals surface area contributed by atoms with E-state index in [2.05, 4.69) is 4.99 Å². The molecule has 92 valence electrons. The van der Waals surface area contributed by atoms with Gasteiger partial charge in [0.2, 0.25) is 5.43 Å². The molecule has 18 heavy (non-hydrogen) atoms. The lowest BCUT2D eigenvalue weighted by Crippen LogP contribution is -2.09. The van der Waals surface area contributed by atoms with E-state index < -0.39 is 12.5 Å². The minimum absolute atomic E-state index is 0.0468. The van der Waals surface area contributed by atoms with E-state index in [1.54, 1.807) is 0 Å². The number of aliphatic carboxylic acids is 1. The number of aliphatic imine (C=N–C) groups is 1. The van der Waals surface area contributed by atoms with E-state index in [4.69, 9.17) is 9.52 Å². The standard InChI is InChI=1S/C12H9NO5/c14-8-1-2-10-9(3-8)12(17)7(6-18-10)4-13-5-11(15)16/h1-4,6,14H,5H2,(H,15,16). The van der Waals surface area contributed by atoms with Gasteiger partial charge in [-0.25, -0.2) is 0 Å². The number of carboxylic acid groups (broad SMARTS) is 1. The third kappa shape index (κ3) is 2.37. The maximum absolute atomic E-state index is 11.9. The molecular weight excluding hydrogens is 238 g/mol. The second-order valence-electron chi connectivity index (χ2n) is 3.56. The molecule has 0 amide bonds. The zero-order valence-corrected chi connectivity index (χ0v) is 9.16. The number of aromatic hydroxyl groups is 1. The molecule has 0 bridgehead atoms. The highest BCUT2D eigenvalue weighted by Crippen LogP contribution is 2.16. The van der Waals surface area contributed by atoms with Crippen LogP contribution in [0.2, 0.25) is 0 Å². The number of benzene rings is 1. The fourth-order valence-corrected chi connectivity index (χ4v) is 1.45. The molecule has 2 rings (SSSR count). The molecule has 1 heterocycles. The van der Waals surface area contributed by atoms with E-state index in [0.717, 1.165) is 6.21 Å². The Morgan fingerprint density at radius 3 is 2.94 bits per heavy atom. The van der Waals surface area contributed by atoms with Crippen molar-refractivity contribution >= 4 is 23.2 Å². The third-order valence-electron chi connectivity index (χ3n) is 2.24. The van der Waals surface area contributed by atoms with Crippen molar-refractivity contribution in [1.29, 1.82) is 0 Å². The molecule has 1 aromatic heterocycles. The van der Waals surface area contributed by atoms with E-state index in [1.165, 1.54) is 24.5 Å². The van der Waals surface area contributed by atoms with Crippen LogP contribution in [-0.4, -0.2) is 28.9 Å². The minimum Gasteiger partial charge on any atom is -0.508 e. The minimum atomic E-state index is -1.09. The number of nitrogens with zero attached hydrogens (tertiary/aromatic N) is 1. The smallest absolute Gasteiger partial charge is 0.325 e. The highest BCUT2D eigenvalue weighted by molar-refractivity contribution is 5.87. The highest BCUT2D eigenvalue weighted by atomic mass is 16.4. The Balaban J connectivity index is 2.47. The summed E-state index contributed by atoms with van der Waals surface area (Å²) in [4.78, 5) is 25.8. The van der Waals surface area contributed by atoms with Crippen LogP contribution in [0.3, 0.4) is 0 Å². The quantitative estimate of drug-likeness (QED) is 0.788. The molecule has 0 spiro atoms. The summed E-state index contributed by atoms with van der Waals surface area (Å²) in [5.74, 6) is -1.14. The first kappa shape index (κ1) is 11.8. The molecule has 6 nitrogen and oxygen atoms in total. The van der Waals surface area contributed by atoms with Crippen LogP contribution in [0.15, 0.2) is 38.7 Å². The second-order valence-corrected chi connectivity index (χ2v) is 3.56. The van der Waals surface area contributed by atoms with Gasteiger partial charge in [0.25, 0.3) is 0 Å². The van der Waals surface area contributed by atoms with Crippen LogP contribution in [0.5, 0.6) is 5.75 Å². The molecular formula is C12H9NO5. The van der Waals surface area contributed by atoms with Crippen LogP contribution in [0.1, 0.15) is 5.56 Å². The lowest BCUT2D eigenvalue weighted by Gasteiger charge is -1.98. The number of hydrogen-bond donors (Lipinski definition) is 2. The molecule has 0 aliphatic carbocycles. The molecule has 0 saturated heterocycles. The zero-order chi connectivity index (χ0) is 13.1. The van der Waals surface area contributed by atoms with Crippen molar-refractivity contribution in [1.82, 2.24) is 0 Å². The van der Waals surface area contributed by atoms with E-state index in [9.17, 15) is 14.7 Å². The topological polar surface area (TPSA) is 100 Å². The summed E-state index contributed by atoms with van der Waals surface area (Å²) >= 11 is 0. The van der Waals surface area contributed by atoms with Gasteiger partial charge < -0.3 is 14.6 Å². The predicted molar refractivity (Wildman–Crippen MR) is 64.2 cm³/mol. The van der Waals surface area contributed by atoms with Gasteiger partial charge in [0, 0.05) is 6.21 Å². The van der Waals surface area contributed by atoms with Crippen molar-refractivity contribution in [2.75, 3.05) is 6.54 Å². The maximum atomic E-state index is 11.9. The van der Waals surface area contributed by atoms with Crippen LogP contribution in [0, 0.1) is 0 Å². The van der Waals surface area contributed by atoms with Gasteiger partial charge in [-0.1, -0.05) is 0 Å². The Morgan fingerprint density at radius 1 is 1.44 bits per heavy atom. The van der Waals surface area contributed by atoms with Crippen molar-refractivity contribution in [3.8, 4) is 5.75 Å². The average molecular weight is 247 g/mol. The molecule has 2 N–H and O–H groups in total. The first-order valence-corrected chi connectivity index (χ1v) is 5.04. The van der Waals surface area contributed by atoms with Crippen molar-refractivity contribution in [3.63, 3.8) is 0 Å². The summed E-state index contributed by atoms with van der Waals surface area (Å²) in [6.45, 7) is -0.419. The van der Waals surface area contributed by atoms with Crippen molar-refractivity contribution in [3.05, 3.63) is 40.2 Å². The van der Waals surface area contributed by atoms with Gasteiger partial charge in [-0.05, 0) is 18.2 Å². The molecule has 0 atom stereocenters. The van der Waals surface area contributed by atoms with E-state index in [-0.39, 0.29) is 22.1 Å². The summed E-state index contributed by atoms with van der Waals surface area (Å²) in [6, 6.07) is 4.17. The van der Waals surface area contributed by atoms with Crippen molar-refractivity contribution in [2.45, 2.75) is 0 Å². The number of fused-ring (bicyclic) bond motifs is 1. The SMILES string of the molecule is O=C(O)CN=Cc1coc2ccc(O)cc2c1=O. The van der Waals surface area contributed by atoms with Gasteiger partial charge in [0.1, 0.15) is 24.1 Å². The van der Waals surface area contributed by atoms with Gasteiger partial charge in [-0.3, -0.25) is 14.6 Å². The zero-order valence-electron chi connectivity index (χ0n) is 9.16. The molecule has 6 heteroatoms. The van der Waals surface area contributed by atoms with E-state index in [0.29, 0.717) is 5.58 Å². The second kappa shape index (κ2) is 4.70.